The first-order valence-corrected chi connectivity index (χ1v) is 7.63. The lowest BCUT2D eigenvalue weighted by Gasteiger charge is -2.12. The molecule has 1 aliphatic carbocycles. The molecule has 1 aromatic carbocycles. The molecule has 0 saturated carbocycles. The molecule has 140 valence electrons. The van der Waals surface area contributed by atoms with Gasteiger partial charge in [-0.3, -0.25) is 35.3 Å². The van der Waals surface area contributed by atoms with Crippen LogP contribution in [0.25, 0.3) is 5.57 Å². The van der Waals surface area contributed by atoms with Crippen LogP contribution in [0.15, 0.2) is 36.5 Å². The average molecular weight is 374 g/mol. The van der Waals surface area contributed by atoms with Crippen LogP contribution in [0.4, 0.5) is 17.1 Å². The highest BCUT2D eigenvalue weighted by molar-refractivity contribution is 5.65. The van der Waals surface area contributed by atoms with Crippen LogP contribution in [0.2, 0.25) is 0 Å². The molecule has 0 fully saturated rings. The summed E-state index contributed by atoms with van der Waals surface area (Å²) in [6.07, 6.45) is 6.45. The van der Waals surface area contributed by atoms with Crippen molar-refractivity contribution in [3.05, 3.63) is 78.1 Å². The second-order valence-electron chi connectivity index (χ2n) is 5.54. The first-order chi connectivity index (χ1) is 12.7. The molecule has 0 spiro atoms. The molecule has 1 aromatic heterocycles. The number of hydrogen-bond acceptors (Lipinski definition) is 8. The fourth-order valence-corrected chi connectivity index (χ4v) is 2.51. The summed E-state index contributed by atoms with van der Waals surface area (Å²) < 4.78 is 0. The first kappa shape index (κ1) is 19.4. The van der Waals surface area contributed by atoms with Gasteiger partial charge in [-0.15, -0.1) is 0 Å². The maximum atomic E-state index is 10.4. The molecule has 2 aromatic rings. The van der Waals surface area contributed by atoms with Gasteiger partial charge in [-0.25, -0.2) is 0 Å². The third-order valence-electron chi connectivity index (χ3n) is 3.79. The van der Waals surface area contributed by atoms with Crippen LogP contribution in [0.1, 0.15) is 24.6 Å². The number of aromatic nitrogens is 1. The number of aromatic hydroxyl groups is 1. The third-order valence-corrected chi connectivity index (χ3v) is 3.79. The van der Waals surface area contributed by atoms with Crippen LogP contribution in [-0.4, -0.2) is 24.9 Å². The zero-order chi connectivity index (χ0) is 20.1. The largest absolute Gasteiger partial charge is 0.497 e. The smallest absolute Gasteiger partial charge is 0.324 e. The maximum Gasteiger partial charge on any atom is 0.324 e. The Balaban J connectivity index is 0.000000206. The highest BCUT2D eigenvalue weighted by atomic mass is 16.6. The summed E-state index contributed by atoms with van der Waals surface area (Å²) in [7, 11) is 0. The molecule has 3 rings (SSSR count). The summed E-state index contributed by atoms with van der Waals surface area (Å²) >= 11 is 0. The Hall–Kier alpha value is -3.89. The molecule has 0 radical (unpaired) electrons. The quantitative estimate of drug-likeness (QED) is 0.629. The van der Waals surface area contributed by atoms with Gasteiger partial charge in [-0.1, -0.05) is 12.1 Å². The maximum absolute atomic E-state index is 10.4. The Morgan fingerprint density at radius 2 is 1.63 bits per heavy atom. The third kappa shape index (κ3) is 4.39. The summed E-state index contributed by atoms with van der Waals surface area (Å²) in [4.78, 5) is 32.1. The molecule has 11 heteroatoms. The van der Waals surface area contributed by atoms with E-state index in [1.165, 1.54) is 23.3 Å². The van der Waals surface area contributed by atoms with Crippen molar-refractivity contribution in [1.29, 1.82) is 0 Å². The van der Waals surface area contributed by atoms with Crippen molar-refractivity contribution >= 4 is 22.6 Å². The number of non-ortho nitro benzene ring substituents is 1. The second kappa shape index (κ2) is 7.99. The van der Waals surface area contributed by atoms with E-state index in [1.54, 1.807) is 0 Å². The van der Waals surface area contributed by atoms with E-state index in [0.29, 0.717) is 12.1 Å². The monoisotopic (exact) mass is 374 g/mol. The number of hydrogen-bond donors (Lipinski definition) is 1. The van der Waals surface area contributed by atoms with Crippen molar-refractivity contribution in [3.8, 4) is 5.75 Å². The number of rotatable bonds is 3. The minimum atomic E-state index is -1.21. The van der Waals surface area contributed by atoms with Crippen LogP contribution in [0, 0.1) is 30.3 Å². The molecule has 27 heavy (non-hydrogen) atoms. The van der Waals surface area contributed by atoms with Gasteiger partial charge in [0.2, 0.25) is 0 Å². The van der Waals surface area contributed by atoms with Gasteiger partial charge in [-0.05, 0) is 37.0 Å². The predicted octanol–water partition coefficient (Wildman–Crippen LogP) is 3.55. The van der Waals surface area contributed by atoms with E-state index in [2.05, 4.69) is 24.1 Å². The van der Waals surface area contributed by atoms with E-state index in [0.717, 1.165) is 6.42 Å². The van der Waals surface area contributed by atoms with Gasteiger partial charge in [0.1, 0.15) is 0 Å². The van der Waals surface area contributed by atoms with Crippen LogP contribution in [-0.2, 0) is 6.42 Å². The van der Waals surface area contributed by atoms with Crippen molar-refractivity contribution in [2.75, 3.05) is 0 Å². The van der Waals surface area contributed by atoms with Crippen molar-refractivity contribution in [1.82, 2.24) is 4.98 Å². The Kier molecular flexibility index (Phi) is 5.75. The Morgan fingerprint density at radius 1 is 1.04 bits per heavy atom. The van der Waals surface area contributed by atoms with Crippen LogP contribution in [0.5, 0.6) is 5.75 Å². The van der Waals surface area contributed by atoms with Gasteiger partial charge in [0.05, 0.1) is 32.6 Å². The topological polar surface area (TPSA) is 163 Å². The van der Waals surface area contributed by atoms with E-state index in [-0.39, 0.29) is 0 Å². The Bertz CT molecular complexity index is 921. The van der Waals surface area contributed by atoms with E-state index in [1.807, 2.05) is 12.3 Å². The molecule has 1 heterocycles. The molecule has 0 bridgehead atoms. The fraction of sp³-hybridized carbons (Fsp3) is 0.188. The molecule has 0 saturated heterocycles. The highest BCUT2D eigenvalue weighted by Crippen LogP contribution is 2.38. The number of nitro benzene ring substituents is 3. The van der Waals surface area contributed by atoms with Crippen molar-refractivity contribution < 1.29 is 19.9 Å². The molecule has 11 nitrogen and oxygen atoms in total. The van der Waals surface area contributed by atoms with E-state index in [4.69, 9.17) is 5.11 Å². The molecule has 0 atom stereocenters. The molecule has 1 aliphatic rings. The van der Waals surface area contributed by atoms with Gasteiger partial charge in [-0.2, -0.15) is 0 Å². The summed E-state index contributed by atoms with van der Waals surface area (Å²) in [6.45, 7) is 2.13. The molecular weight excluding hydrogens is 360 g/mol. The van der Waals surface area contributed by atoms with Crippen LogP contribution in [0.3, 0.4) is 0 Å². The SMILES string of the molecule is CC1=CCCc2cccnc21.O=[N+]([O-])c1cc([N+](=O)[O-])c(O)c([N+](=O)[O-])c1. The number of allylic oxidation sites excluding steroid dienone is 2. The number of nitro groups is 3. The molecule has 1 N–H and O–H groups in total. The normalized spacial score (nSPS) is 12.1. The number of benzene rings is 1. The summed E-state index contributed by atoms with van der Waals surface area (Å²) in [5.74, 6) is -1.21. The van der Waals surface area contributed by atoms with Crippen molar-refractivity contribution in [2.45, 2.75) is 19.8 Å². The lowest BCUT2D eigenvalue weighted by Crippen LogP contribution is -1.99. The highest BCUT2D eigenvalue weighted by Gasteiger charge is 2.30. The van der Waals surface area contributed by atoms with Crippen LogP contribution >= 0.6 is 0 Å². The van der Waals surface area contributed by atoms with E-state index < -0.39 is 37.6 Å². The summed E-state index contributed by atoms with van der Waals surface area (Å²) in [5, 5.41) is 40.2. The van der Waals surface area contributed by atoms with E-state index in [9.17, 15) is 30.3 Å². The zero-order valence-corrected chi connectivity index (χ0v) is 14.1. The van der Waals surface area contributed by atoms with Crippen molar-refractivity contribution in [2.24, 2.45) is 0 Å². The number of fused-ring (bicyclic) bond motifs is 1. The number of phenolic OH excluding ortho intramolecular Hbond substituents is 1. The Labute approximate surface area is 152 Å². The fourth-order valence-electron chi connectivity index (χ4n) is 2.51. The Morgan fingerprint density at radius 3 is 2.11 bits per heavy atom. The number of phenols is 1. The minimum Gasteiger partial charge on any atom is -0.497 e. The lowest BCUT2D eigenvalue weighted by molar-refractivity contribution is -0.404. The minimum absolute atomic E-state index is 0.447. The number of pyridine rings is 1. The molecular formula is C16H14N4O7. The molecule has 0 unspecified atom stereocenters. The van der Waals surface area contributed by atoms with Gasteiger partial charge in [0.15, 0.2) is 0 Å². The van der Waals surface area contributed by atoms with E-state index >= 15 is 0 Å². The van der Waals surface area contributed by atoms with Gasteiger partial charge >= 0.3 is 11.4 Å². The second-order valence-corrected chi connectivity index (χ2v) is 5.54. The van der Waals surface area contributed by atoms with Crippen molar-refractivity contribution in [3.63, 3.8) is 0 Å². The first-order valence-electron chi connectivity index (χ1n) is 7.63. The lowest BCUT2D eigenvalue weighted by atomic mass is 9.97. The van der Waals surface area contributed by atoms with Gasteiger partial charge in [0, 0.05) is 6.20 Å². The predicted molar refractivity (Wildman–Crippen MR) is 94.3 cm³/mol. The molecule has 0 amide bonds. The zero-order valence-electron chi connectivity index (χ0n) is 14.1. The molecule has 0 aliphatic heterocycles. The van der Waals surface area contributed by atoms with Crippen LogP contribution < -0.4 is 0 Å². The number of nitrogens with zero attached hydrogens (tertiary/aromatic N) is 4. The number of aryl methyl sites for hydroxylation is 1. The van der Waals surface area contributed by atoms with Gasteiger partial charge < -0.3 is 5.11 Å². The average Bonchev–Trinajstić information content (AvgIpc) is 2.62. The van der Waals surface area contributed by atoms with Gasteiger partial charge in [0.25, 0.3) is 11.4 Å². The summed E-state index contributed by atoms with van der Waals surface area (Å²) in [6, 6.07) is 5.07. The standard InChI is InChI=1S/C10H11N.C6H3N3O7/c1-8-4-2-5-9-6-3-7-11-10(8)9;10-6-4(8(13)14)1-3(7(11)12)2-5(6)9(15)16/h3-4,6-7H,2,5H2,1H3;1-2,10H. The summed E-state index contributed by atoms with van der Waals surface area (Å²) in [5.41, 5.74) is 0.913.